The first-order valence-electron chi connectivity index (χ1n) is 8.30. The van der Waals surface area contributed by atoms with E-state index >= 15 is 0 Å². The summed E-state index contributed by atoms with van der Waals surface area (Å²) >= 11 is 0. The van der Waals surface area contributed by atoms with Gasteiger partial charge in [-0.1, -0.05) is 30.3 Å². The zero-order chi connectivity index (χ0) is 16.5. The van der Waals surface area contributed by atoms with Gasteiger partial charge in [-0.3, -0.25) is 10.1 Å². The molecule has 0 bridgehead atoms. The van der Waals surface area contributed by atoms with Crippen molar-refractivity contribution in [2.24, 2.45) is 0 Å². The van der Waals surface area contributed by atoms with Crippen molar-refractivity contribution in [3.8, 4) is 0 Å². The molecular weight excluding hydrogens is 306 g/mol. The number of aromatic nitrogens is 1. The molecular formula is C18H19N3O3. The van der Waals surface area contributed by atoms with Crippen LogP contribution in [0.3, 0.4) is 0 Å². The minimum absolute atomic E-state index is 0.0459. The Balaban J connectivity index is 1.63. The molecule has 4 rings (SSSR count). The Morgan fingerprint density at radius 3 is 2.83 bits per heavy atom. The Hall–Kier alpha value is -2.47. The maximum atomic E-state index is 11.4. The number of nitro groups is 1. The Bertz CT molecular complexity index is 737. The Morgan fingerprint density at radius 1 is 1.21 bits per heavy atom. The lowest BCUT2D eigenvalue weighted by Crippen LogP contribution is -2.46. The summed E-state index contributed by atoms with van der Waals surface area (Å²) in [6, 6.07) is 13.5. The van der Waals surface area contributed by atoms with E-state index in [0.717, 1.165) is 25.8 Å². The number of hydrogen-bond donors (Lipinski definition) is 0. The zero-order valence-corrected chi connectivity index (χ0v) is 13.2. The van der Waals surface area contributed by atoms with Crippen LogP contribution < -0.4 is 4.90 Å². The molecule has 6 nitrogen and oxygen atoms in total. The first-order valence-corrected chi connectivity index (χ1v) is 8.30. The van der Waals surface area contributed by atoms with Gasteiger partial charge in [0.15, 0.2) is 0 Å². The number of piperidine rings is 1. The summed E-state index contributed by atoms with van der Waals surface area (Å²) in [5.74, 6) is 0.467. The summed E-state index contributed by atoms with van der Waals surface area (Å²) in [4.78, 5) is 17.4. The second kappa shape index (κ2) is 6.20. The molecule has 0 saturated carbocycles. The van der Waals surface area contributed by atoms with Crippen molar-refractivity contribution in [3.63, 3.8) is 0 Å². The van der Waals surface area contributed by atoms with Gasteiger partial charge in [-0.05, 0) is 24.5 Å². The van der Waals surface area contributed by atoms with Gasteiger partial charge in [0.25, 0.3) is 0 Å². The van der Waals surface area contributed by atoms with Crippen LogP contribution in [0.2, 0.25) is 0 Å². The SMILES string of the molecule is O=[N+]([O-])c1cccnc1N1CCC[C@@H]2O[C@H](c3ccccc3)C[C@@H]21. The van der Waals surface area contributed by atoms with Gasteiger partial charge in [0.05, 0.1) is 23.2 Å². The quantitative estimate of drug-likeness (QED) is 0.638. The third kappa shape index (κ3) is 2.63. The molecule has 2 aromatic rings. The molecule has 124 valence electrons. The van der Waals surface area contributed by atoms with Crippen molar-refractivity contribution in [3.05, 3.63) is 64.3 Å². The van der Waals surface area contributed by atoms with E-state index in [0.29, 0.717) is 5.82 Å². The second-order valence-electron chi connectivity index (χ2n) is 6.32. The fourth-order valence-electron chi connectivity index (χ4n) is 3.84. The zero-order valence-electron chi connectivity index (χ0n) is 13.2. The molecule has 0 spiro atoms. The molecule has 2 saturated heterocycles. The highest BCUT2D eigenvalue weighted by molar-refractivity contribution is 5.58. The molecule has 1 aromatic carbocycles. The average molecular weight is 325 g/mol. The number of hydrogen-bond acceptors (Lipinski definition) is 5. The minimum Gasteiger partial charge on any atom is -0.368 e. The third-order valence-corrected chi connectivity index (χ3v) is 4.92. The number of anilines is 1. The lowest BCUT2D eigenvalue weighted by molar-refractivity contribution is -0.384. The normalized spacial score (nSPS) is 26.2. The van der Waals surface area contributed by atoms with Gasteiger partial charge < -0.3 is 9.64 Å². The number of fused-ring (bicyclic) bond motifs is 1. The van der Waals surface area contributed by atoms with E-state index < -0.39 is 0 Å². The van der Waals surface area contributed by atoms with E-state index in [2.05, 4.69) is 22.0 Å². The second-order valence-corrected chi connectivity index (χ2v) is 6.32. The van der Waals surface area contributed by atoms with Crippen molar-refractivity contribution in [2.75, 3.05) is 11.4 Å². The van der Waals surface area contributed by atoms with Crippen LogP contribution in [0.5, 0.6) is 0 Å². The highest BCUT2D eigenvalue weighted by atomic mass is 16.6. The van der Waals surface area contributed by atoms with E-state index in [1.807, 2.05) is 18.2 Å². The number of rotatable bonds is 3. The highest BCUT2D eigenvalue weighted by Crippen LogP contribution is 2.42. The van der Waals surface area contributed by atoms with Crippen LogP contribution in [-0.4, -0.2) is 28.6 Å². The predicted molar refractivity (Wildman–Crippen MR) is 89.9 cm³/mol. The molecule has 0 unspecified atom stereocenters. The van der Waals surface area contributed by atoms with Crippen LogP contribution >= 0.6 is 0 Å². The van der Waals surface area contributed by atoms with Crippen molar-refractivity contribution in [2.45, 2.75) is 37.5 Å². The van der Waals surface area contributed by atoms with E-state index in [1.165, 1.54) is 11.6 Å². The number of ether oxygens (including phenoxy) is 1. The summed E-state index contributed by atoms with van der Waals surface area (Å²) < 4.78 is 6.26. The Labute approximate surface area is 140 Å². The third-order valence-electron chi connectivity index (χ3n) is 4.92. The fourth-order valence-corrected chi connectivity index (χ4v) is 3.84. The summed E-state index contributed by atoms with van der Waals surface area (Å²) in [5.41, 5.74) is 1.24. The standard InChI is InChI=1S/C18H19N3O3/c22-21(23)14-8-4-10-19-18(14)20-11-5-9-16-15(20)12-17(24-16)13-6-2-1-3-7-13/h1-4,6-8,10,15-17H,5,9,11-12H2/t15-,16-,17-/m0/s1. The highest BCUT2D eigenvalue weighted by Gasteiger charge is 2.43. The summed E-state index contributed by atoms with van der Waals surface area (Å²) in [6.45, 7) is 0.782. The average Bonchev–Trinajstić information content (AvgIpc) is 3.06. The van der Waals surface area contributed by atoms with Crippen molar-refractivity contribution in [1.29, 1.82) is 0 Å². The van der Waals surface area contributed by atoms with Crippen LogP contribution in [0.4, 0.5) is 11.5 Å². The molecule has 0 aliphatic carbocycles. The first kappa shape index (κ1) is 15.1. The number of benzene rings is 1. The topological polar surface area (TPSA) is 68.5 Å². The van der Waals surface area contributed by atoms with Crippen LogP contribution in [0, 0.1) is 10.1 Å². The monoisotopic (exact) mass is 325 g/mol. The molecule has 6 heteroatoms. The first-order chi connectivity index (χ1) is 11.7. The van der Waals surface area contributed by atoms with Gasteiger partial charge in [0, 0.05) is 25.2 Å². The van der Waals surface area contributed by atoms with Gasteiger partial charge in [-0.15, -0.1) is 0 Å². The molecule has 2 fully saturated rings. The molecule has 1 aromatic heterocycles. The summed E-state index contributed by atoms with van der Waals surface area (Å²) in [7, 11) is 0. The van der Waals surface area contributed by atoms with Crippen LogP contribution in [0.25, 0.3) is 0 Å². The lowest BCUT2D eigenvalue weighted by atomic mass is 9.95. The molecule has 24 heavy (non-hydrogen) atoms. The van der Waals surface area contributed by atoms with Crippen LogP contribution in [0.1, 0.15) is 30.9 Å². The van der Waals surface area contributed by atoms with Crippen molar-refractivity contribution >= 4 is 11.5 Å². The molecule has 0 amide bonds. The van der Waals surface area contributed by atoms with Crippen LogP contribution in [0.15, 0.2) is 48.7 Å². The van der Waals surface area contributed by atoms with E-state index in [4.69, 9.17) is 4.74 Å². The number of nitrogens with zero attached hydrogens (tertiary/aromatic N) is 3. The predicted octanol–water partition coefficient (Wildman–Crippen LogP) is 3.49. The van der Waals surface area contributed by atoms with Gasteiger partial charge in [0.2, 0.25) is 5.82 Å². The molecule has 3 atom stereocenters. The summed E-state index contributed by atoms with van der Waals surface area (Å²) in [5, 5.41) is 11.4. The lowest BCUT2D eigenvalue weighted by Gasteiger charge is -2.36. The fraction of sp³-hybridized carbons (Fsp3) is 0.389. The van der Waals surface area contributed by atoms with E-state index in [1.54, 1.807) is 12.3 Å². The molecule has 2 aliphatic heterocycles. The van der Waals surface area contributed by atoms with Crippen LogP contribution in [-0.2, 0) is 4.74 Å². The Morgan fingerprint density at radius 2 is 2.04 bits per heavy atom. The number of pyridine rings is 1. The van der Waals surface area contributed by atoms with Crippen molar-refractivity contribution in [1.82, 2.24) is 4.98 Å². The van der Waals surface area contributed by atoms with E-state index in [-0.39, 0.29) is 28.9 Å². The Kier molecular flexibility index (Phi) is 3.90. The molecule has 3 heterocycles. The van der Waals surface area contributed by atoms with E-state index in [9.17, 15) is 10.1 Å². The van der Waals surface area contributed by atoms with Gasteiger partial charge >= 0.3 is 5.69 Å². The maximum absolute atomic E-state index is 11.4. The molecule has 0 radical (unpaired) electrons. The molecule has 2 aliphatic rings. The van der Waals surface area contributed by atoms with Crippen molar-refractivity contribution < 1.29 is 9.66 Å². The maximum Gasteiger partial charge on any atom is 0.311 e. The van der Waals surface area contributed by atoms with Gasteiger partial charge in [-0.2, -0.15) is 0 Å². The molecule has 0 N–H and O–H groups in total. The minimum atomic E-state index is -0.351. The van der Waals surface area contributed by atoms with Gasteiger partial charge in [-0.25, -0.2) is 4.98 Å². The smallest absolute Gasteiger partial charge is 0.311 e. The largest absolute Gasteiger partial charge is 0.368 e. The summed E-state index contributed by atoms with van der Waals surface area (Å²) in [6.07, 6.45) is 4.55. The van der Waals surface area contributed by atoms with Gasteiger partial charge in [0.1, 0.15) is 0 Å².